The van der Waals surface area contributed by atoms with Gasteiger partial charge in [0.15, 0.2) is 0 Å². The van der Waals surface area contributed by atoms with Gasteiger partial charge in [-0.1, -0.05) is 27.5 Å². The van der Waals surface area contributed by atoms with E-state index in [2.05, 4.69) is 15.9 Å². The van der Waals surface area contributed by atoms with Crippen molar-refractivity contribution in [3.63, 3.8) is 0 Å². The summed E-state index contributed by atoms with van der Waals surface area (Å²) in [6.45, 7) is 0. The molecule has 1 N–H and O–H groups in total. The summed E-state index contributed by atoms with van der Waals surface area (Å²) in [5.74, 6) is -1.62. The van der Waals surface area contributed by atoms with Gasteiger partial charge in [-0.25, -0.2) is 9.18 Å². The monoisotopic (exact) mass is 278 g/mol. The molecule has 0 aliphatic heterocycles. The van der Waals surface area contributed by atoms with Crippen molar-refractivity contribution in [3.8, 4) is 0 Å². The molecule has 0 aromatic heterocycles. The average Bonchev–Trinajstić information content (AvgIpc) is 2.09. The van der Waals surface area contributed by atoms with Gasteiger partial charge in [0.2, 0.25) is 0 Å². The number of rotatable bonds is 2. The molecular weight excluding hydrogens is 274 g/mol. The number of hydrogen-bond donors (Lipinski definition) is 1. The van der Waals surface area contributed by atoms with Crippen LogP contribution in [0.5, 0.6) is 0 Å². The normalized spacial score (nSPS) is 10.8. The van der Waals surface area contributed by atoms with Crippen LogP contribution >= 0.6 is 27.5 Å². The zero-order chi connectivity index (χ0) is 10.7. The molecule has 2 nitrogen and oxygen atoms in total. The molecule has 0 heterocycles. The highest BCUT2D eigenvalue weighted by Crippen LogP contribution is 2.25. The first-order chi connectivity index (χ1) is 6.50. The van der Waals surface area contributed by atoms with Crippen LogP contribution in [0.15, 0.2) is 22.7 Å². The number of benzene rings is 1. The fourth-order valence-corrected chi connectivity index (χ4v) is 1.45. The van der Waals surface area contributed by atoms with Crippen molar-refractivity contribution in [2.24, 2.45) is 0 Å². The van der Waals surface area contributed by atoms with Crippen molar-refractivity contribution in [3.05, 3.63) is 39.1 Å². The summed E-state index contributed by atoms with van der Waals surface area (Å²) >= 11 is 8.61. The zero-order valence-corrected chi connectivity index (χ0v) is 9.14. The number of aliphatic carboxylic acids is 1. The highest BCUT2D eigenvalue weighted by atomic mass is 79.9. The minimum atomic E-state index is -1.07. The third-order valence-corrected chi connectivity index (χ3v) is 2.42. The van der Waals surface area contributed by atoms with Gasteiger partial charge in [0.25, 0.3) is 0 Å². The van der Waals surface area contributed by atoms with Crippen LogP contribution in [0.3, 0.4) is 0 Å². The molecule has 0 bridgehead atoms. The first kappa shape index (κ1) is 11.2. The Morgan fingerprint density at radius 3 is 2.79 bits per heavy atom. The van der Waals surface area contributed by atoms with E-state index in [9.17, 15) is 9.18 Å². The Bertz CT molecular complexity index is 404. The fraction of sp³-hybridized carbons (Fsp3) is 0. The molecule has 0 radical (unpaired) electrons. The Morgan fingerprint density at radius 1 is 1.57 bits per heavy atom. The summed E-state index contributed by atoms with van der Waals surface area (Å²) < 4.78 is 13.3. The minimum Gasteiger partial charge on any atom is -0.478 e. The number of carboxylic acids is 1. The van der Waals surface area contributed by atoms with Gasteiger partial charge in [-0.05, 0) is 23.8 Å². The molecule has 0 aliphatic carbocycles. The van der Waals surface area contributed by atoms with Crippen molar-refractivity contribution >= 4 is 39.6 Å². The first-order valence-electron chi connectivity index (χ1n) is 3.56. The number of hydrogen-bond acceptors (Lipinski definition) is 1. The molecular formula is C9H5BrClFO2. The Hall–Kier alpha value is -0.870. The van der Waals surface area contributed by atoms with Gasteiger partial charge in [-0.3, -0.25) is 0 Å². The molecule has 14 heavy (non-hydrogen) atoms. The maximum atomic E-state index is 12.9. The summed E-state index contributed by atoms with van der Waals surface area (Å²) in [5.41, 5.74) is 0.513. The number of carbonyl (C=O) groups is 1. The minimum absolute atomic E-state index is 0.0433. The van der Waals surface area contributed by atoms with Gasteiger partial charge in [-0.15, -0.1) is 0 Å². The molecule has 0 spiro atoms. The molecule has 0 aliphatic rings. The predicted molar refractivity (Wildman–Crippen MR) is 55.8 cm³/mol. The van der Waals surface area contributed by atoms with E-state index in [1.54, 1.807) is 0 Å². The lowest BCUT2D eigenvalue weighted by Crippen LogP contribution is -1.87. The topological polar surface area (TPSA) is 37.3 Å². The van der Waals surface area contributed by atoms with Crippen molar-refractivity contribution in [1.29, 1.82) is 0 Å². The van der Waals surface area contributed by atoms with E-state index in [1.807, 2.05) is 0 Å². The van der Waals surface area contributed by atoms with Crippen molar-refractivity contribution in [2.45, 2.75) is 0 Å². The Labute approximate surface area is 93.1 Å². The van der Waals surface area contributed by atoms with E-state index in [0.29, 0.717) is 10.0 Å². The molecule has 0 atom stereocenters. The molecule has 0 fully saturated rings. The lowest BCUT2D eigenvalue weighted by atomic mass is 10.2. The quantitative estimate of drug-likeness (QED) is 0.666. The molecule has 1 aromatic rings. The van der Waals surface area contributed by atoms with Gasteiger partial charge in [0, 0.05) is 10.5 Å². The number of carboxylic acid groups (broad SMARTS) is 1. The lowest BCUT2D eigenvalue weighted by molar-refractivity contribution is -0.131. The van der Waals surface area contributed by atoms with Gasteiger partial charge < -0.3 is 5.11 Å². The smallest absolute Gasteiger partial charge is 0.328 e. The molecule has 0 amide bonds. The van der Waals surface area contributed by atoms with Gasteiger partial charge in [0.05, 0.1) is 5.02 Å². The molecule has 0 unspecified atom stereocenters. The van der Waals surface area contributed by atoms with Crippen LogP contribution in [0.4, 0.5) is 4.39 Å². The van der Waals surface area contributed by atoms with E-state index in [-0.39, 0.29) is 5.02 Å². The summed E-state index contributed by atoms with van der Waals surface area (Å²) in [4.78, 5) is 10.2. The van der Waals surface area contributed by atoms with Crippen LogP contribution < -0.4 is 0 Å². The highest BCUT2D eigenvalue weighted by molar-refractivity contribution is 9.10. The van der Waals surface area contributed by atoms with Crippen LogP contribution in [0, 0.1) is 5.82 Å². The SMILES string of the molecule is O=C(O)/C=C/c1cc(Cl)c(F)cc1Br. The summed E-state index contributed by atoms with van der Waals surface area (Å²) in [6.07, 6.45) is 2.28. The largest absolute Gasteiger partial charge is 0.478 e. The number of halogens is 3. The Morgan fingerprint density at radius 2 is 2.21 bits per heavy atom. The van der Waals surface area contributed by atoms with E-state index in [1.165, 1.54) is 18.2 Å². The highest BCUT2D eigenvalue weighted by Gasteiger charge is 2.04. The molecule has 1 aromatic carbocycles. The zero-order valence-electron chi connectivity index (χ0n) is 6.80. The third kappa shape index (κ3) is 2.82. The second kappa shape index (κ2) is 4.57. The summed E-state index contributed by atoms with van der Waals surface area (Å²) in [6, 6.07) is 2.53. The lowest BCUT2D eigenvalue weighted by Gasteiger charge is -2.00. The standard InChI is InChI=1S/C9H5BrClFO2/c10-6-4-8(12)7(11)3-5(6)1-2-9(13)14/h1-4H,(H,13,14)/b2-1+. The Kier molecular flexibility index (Phi) is 3.66. The Balaban J connectivity index is 3.10. The molecule has 5 heteroatoms. The van der Waals surface area contributed by atoms with Crippen molar-refractivity contribution < 1.29 is 14.3 Å². The van der Waals surface area contributed by atoms with Gasteiger partial charge >= 0.3 is 5.97 Å². The third-order valence-electron chi connectivity index (χ3n) is 1.45. The van der Waals surface area contributed by atoms with E-state index in [4.69, 9.17) is 16.7 Å². The van der Waals surface area contributed by atoms with Crippen molar-refractivity contribution in [1.82, 2.24) is 0 Å². The van der Waals surface area contributed by atoms with Crippen LogP contribution in [0.25, 0.3) is 6.08 Å². The van der Waals surface area contributed by atoms with E-state index < -0.39 is 11.8 Å². The predicted octanol–water partition coefficient (Wildman–Crippen LogP) is 3.34. The summed E-state index contributed by atoms with van der Waals surface area (Å²) in [5, 5.41) is 8.34. The van der Waals surface area contributed by atoms with Crippen LogP contribution in [0.1, 0.15) is 5.56 Å². The molecule has 0 saturated heterocycles. The summed E-state index contributed by atoms with van der Waals surface area (Å²) in [7, 11) is 0. The van der Waals surface area contributed by atoms with E-state index >= 15 is 0 Å². The maximum absolute atomic E-state index is 12.9. The van der Waals surface area contributed by atoms with Crippen molar-refractivity contribution in [2.75, 3.05) is 0 Å². The van der Waals surface area contributed by atoms with Crippen LogP contribution in [0.2, 0.25) is 5.02 Å². The van der Waals surface area contributed by atoms with Crippen LogP contribution in [-0.4, -0.2) is 11.1 Å². The van der Waals surface area contributed by atoms with Gasteiger partial charge in [0.1, 0.15) is 5.82 Å². The molecule has 74 valence electrons. The van der Waals surface area contributed by atoms with Crippen LogP contribution in [-0.2, 0) is 4.79 Å². The van der Waals surface area contributed by atoms with E-state index in [0.717, 1.165) is 6.08 Å². The first-order valence-corrected chi connectivity index (χ1v) is 4.73. The second-order valence-corrected chi connectivity index (χ2v) is 3.72. The second-order valence-electron chi connectivity index (χ2n) is 2.46. The van der Waals surface area contributed by atoms with Gasteiger partial charge in [-0.2, -0.15) is 0 Å². The molecule has 1 rings (SSSR count). The molecule has 0 saturated carbocycles. The fourth-order valence-electron chi connectivity index (χ4n) is 0.827. The average molecular weight is 279 g/mol. The maximum Gasteiger partial charge on any atom is 0.328 e.